The molecule has 7 heteroatoms. The van der Waals surface area contributed by atoms with Crippen LogP contribution in [0.1, 0.15) is 36.2 Å². The number of tetrazole rings is 1. The molecule has 110 valence electrons. The number of thioether (sulfide) groups is 1. The zero-order valence-electron chi connectivity index (χ0n) is 11.7. The zero-order chi connectivity index (χ0) is 14.7. The normalized spacial score (nSPS) is 14.1. The average molecular weight is 304 g/mol. The highest BCUT2D eigenvalue weighted by molar-refractivity contribution is 7.99. The maximum absolute atomic E-state index is 12.2. The van der Waals surface area contributed by atoms with Gasteiger partial charge in [0.15, 0.2) is 5.78 Å². The van der Waals surface area contributed by atoms with E-state index in [1.165, 1.54) is 11.8 Å². The lowest BCUT2D eigenvalue weighted by Gasteiger charge is -2.04. The first kappa shape index (κ1) is 14.1. The monoisotopic (exact) mass is 304 g/mol. The molecule has 0 bridgehead atoms. The number of aromatic nitrogens is 4. The predicted octanol–water partition coefficient (Wildman–Crippen LogP) is 2.38. The van der Waals surface area contributed by atoms with Crippen molar-refractivity contribution in [1.29, 1.82) is 0 Å². The van der Waals surface area contributed by atoms with Crippen LogP contribution < -0.4 is 4.74 Å². The Morgan fingerprint density at radius 2 is 2.14 bits per heavy atom. The van der Waals surface area contributed by atoms with Crippen LogP contribution in [-0.4, -0.2) is 38.4 Å². The van der Waals surface area contributed by atoms with E-state index < -0.39 is 0 Å². The van der Waals surface area contributed by atoms with Crippen molar-refractivity contribution in [1.82, 2.24) is 20.2 Å². The van der Waals surface area contributed by atoms with E-state index >= 15 is 0 Å². The van der Waals surface area contributed by atoms with E-state index in [0.29, 0.717) is 24.0 Å². The molecular weight excluding hydrogens is 288 g/mol. The van der Waals surface area contributed by atoms with Gasteiger partial charge in [0, 0.05) is 5.56 Å². The van der Waals surface area contributed by atoms with Crippen molar-refractivity contribution in [3.8, 4) is 5.75 Å². The average Bonchev–Trinajstić information content (AvgIpc) is 3.24. The molecular formula is C14H16N4O2S. The second-order valence-corrected chi connectivity index (χ2v) is 5.75. The molecule has 21 heavy (non-hydrogen) atoms. The van der Waals surface area contributed by atoms with Gasteiger partial charge >= 0.3 is 0 Å². The number of ketones is 1. The summed E-state index contributed by atoms with van der Waals surface area (Å²) >= 11 is 1.39. The Morgan fingerprint density at radius 1 is 1.38 bits per heavy atom. The van der Waals surface area contributed by atoms with Crippen LogP contribution in [0.4, 0.5) is 0 Å². The minimum Gasteiger partial charge on any atom is -0.494 e. The van der Waals surface area contributed by atoms with Gasteiger partial charge in [-0.2, -0.15) is 0 Å². The molecule has 2 aromatic rings. The highest BCUT2D eigenvalue weighted by atomic mass is 32.2. The van der Waals surface area contributed by atoms with E-state index in [1.807, 2.05) is 23.7 Å². The number of carbonyl (C=O) groups excluding carboxylic acids is 1. The SMILES string of the molecule is CCOc1ccc(C(=O)CSc2nnnn2C2CC2)cc1. The van der Waals surface area contributed by atoms with Gasteiger partial charge in [0.2, 0.25) is 5.16 Å². The fourth-order valence-corrected chi connectivity index (χ4v) is 2.78. The molecule has 6 nitrogen and oxygen atoms in total. The highest BCUT2D eigenvalue weighted by Gasteiger charge is 2.28. The first-order valence-electron chi connectivity index (χ1n) is 6.94. The fraction of sp³-hybridized carbons (Fsp3) is 0.429. The van der Waals surface area contributed by atoms with Gasteiger partial charge in [-0.3, -0.25) is 4.79 Å². The molecule has 0 unspecified atom stereocenters. The first-order valence-corrected chi connectivity index (χ1v) is 7.93. The lowest BCUT2D eigenvalue weighted by Crippen LogP contribution is -2.05. The lowest BCUT2D eigenvalue weighted by atomic mass is 10.1. The molecule has 1 heterocycles. The standard InChI is InChI=1S/C14H16N4O2S/c1-2-20-12-7-3-10(4-8-12)13(19)9-21-14-15-16-17-18(14)11-5-6-11/h3-4,7-8,11H,2,5-6,9H2,1H3. The van der Waals surface area contributed by atoms with E-state index in [9.17, 15) is 4.79 Å². The van der Waals surface area contributed by atoms with Gasteiger partial charge < -0.3 is 4.74 Å². The summed E-state index contributed by atoms with van der Waals surface area (Å²) in [6, 6.07) is 7.63. The van der Waals surface area contributed by atoms with Crippen LogP contribution in [-0.2, 0) is 0 Å². The summed E-state index contributed by atoms with van der Waals surface area (Å²) < 4.78 is 7.18. The first-order chi connectivity index (χ1) is 10.3. The van der Waals surface area contributed by atoms with Crippen LogP contribution in [0.15, 0.2) is 29.4 Å². The van der Waals surface area contributed by atoms with Gasteiger partial charge in [-0.1, -0.05) is 11.8 Å². The van der Waals surface area contributed by atoms with E-state index in [1.54, 1.807) is 12.1 Å². The topological polar surface area (TPSA) is 69.9 Å². The Kier molecular flexibility index (Phi) is 4.19. The highest BCUT2D eigenvalue weighted by Crippen LogP contribution is 2.36. The summed E-state index contributed by atoms with van der Waals surface area (Å²) in [5.41, 5.74) is 0.677. The summed E-state index contributed by atoms with van der Waals surface area (Å²) in [4.78, 5) is 12.2. The minimum atomic E-state index is 0.0633. The third-order valence-electron chi connectivity index (χ3n) is 3.18. The van der Waals surface area contributed by atoms with E-state index in [-0.39, 0.29) is 5.78 Å². The molecule has 0 amide bonds. The molecule has 0 spiro atoms. The molecule has 1 aliphatic carbocycles. The Hall–Kier alpha value is -1.89. The third-order valence-corrected chi connectivity index (χ3v) is 4.11. The van der Waals surface area contributed by atoms with Crippen molar-refractivity contribution in [2.24, 2.45) is 0 Å². The summed E-state index contributed by atoms with van der Waals surface area (Å²) in [6.07, 6.45) is 2.23. The largest absolute Gasteiger partial charge is 0.494 e. The molecule has 0 atom stereocenters. The molecule has 0 radical (unpaired) electrons. The molecule has 0 aliphatic heterocycles. The molecule has 1 aliphatic rings. The minimum absolute atomic E-state index is 0.0633. The summed E-state index contributed by atoms with van der Waals surface area (Å²) in [5, 5.41) is 12.3. The maximum atomic E-state index is 12.2. The zero-order valence-corrected chi connectivity index (χ0v) is 12.5. The Morgan fingerprint density at radius 3 is 2.81 bits per heavy atom. The van der Waals surface area contributed by atoms with Crippen LogP contribution in [0.2, 0.25) is 0 Å². The fourth-order valence-electron chi connectivity index (χ4n) is 1.95. The quantitative estimate of drug-likeness (QED) is 0.578. The van der Waals surface area contributed by atoms with Gasteiger partial charge in [-0.15, -0.1) is 5.10 Å². The maximum Gasteiger partial charge on any atom is 0.210 e. The number of nitrogens with zero attached hydrogens (tertiary/aromatic N) is 4. The predicted molar refractivity (Wildman–Crippen MR) is 78.8 cm³/mol. The molecule has 1 aromatic carbocycles. The second-order valence-electron chi connectivity index (χ2n) is 4.81. The summed E-state index contributed by atoms with van der Waals surface area (Å²) in [6.45, 7) is 2.55. The Balaban J connectivity index is 1.59. The lowest BCUT2D eigenvalue weighted by molar-refractivity contribution is 0.102. The van der Waals surface area contributed by atoms with Gasteiger partial charge in [-0.25, -0.2) is 4.68 Å². The van der Waals surface area contributed by atoms with Crippen LogP contribution in [0, 0.1) is 0 Å². The number of benzene rings is 1. The third kappa shape index (κ3) is 3.41. The van der Waals surface area contributed by atoms with Gasteiger partial charge in [0.25, 0.3) is 0 Å². The molecule has 3 rings (SSSR count). The van der Waals surface area contributed by atoms with E-state index in [2.05, 4.69) is 15.5 Å². The van der Waals surface area contributed by atoms with Crippen LogP contribution >= 0.6 is 11.8 Å². The second kappa shape index (κ2) is 6.26. The molecule has 0 saturated heterocycles. The number of carbonyl (C=O) groups is 1. The molecule has 1 fully saturated rings. The van der Waals surface area contributed by atoms with E-state index in [4.69, 9.17) is 4.74 Å². The molecule has 1 saturated carbocycles. The Labute approximate surface area is 126 Å². The number of ether oxygens (including phenoxy) is 1. The van der Waals surface area contributed by atoms with Crippen molar-refractivity contribution < 1.29 is 9.53 Å². The number of hydrogen-bond acceptors (Lipinski definition) is 6. The van der Waals surface area contributed by atoms with Gasteiger partial charge in [-0.05, 0) is 54.5 Å². The number of Topliss-reactive ketones (excluding diaryl/α,β-unsaturated/α-hetero) is 1. The van der Waals surface area contributed by atoms with Crippen LogP contribution in [0.5, 0.6) is 5.75 Å². The van der Waals surface area contributed by atoms with Crippen molar-refractivity contribution in [3.63, 3.8) is 0 Å². The van der Waals surface area contributed by atoms with Crippen molar-refractivity contribution in [2.75, 3.05) is 12.4 Å². The van der Waals surface area contributed by atoms with Crippen LogP contribution in [0.3, 0.4) is 0 Å². The summed E-state index contributed by atoms with van der Waals surface area (Å²) in [5.74, 6) is 1.17. The van der Waals surface area contributed by atoms with Crippen molar-refractivity contribution >= 4 is 17.5 Å². The number of rotatable bonds is 7. The number of hydrogen-bond donors (Lipinski definition) is 0. The van der Waals surface area contributed by atoms with Crippen LogP contribution in [0.25, 0.3) is 0 Å². The van der Waals surface area contributed by atoms with E-state index in [0.717, 1.165) is 23.7 Å². The van der Waals surface area contributed by atoms with Gasteiger partial charge in [0.05, 0.1) is 18.4 Å². The molecule has 1 aromatic heterocycles. The summed E-state index contributed by atoms with van der Waals surface area (Å²) in [7, 11) is 0. The smallest absolute Gasteiger partial charge is 0.210 e. The Bertz CT molecular complexity index is 622. The molecule has 0 N–H and O–H groups in total. The van der Waals surface area contributed by atoms with Crippen molar-refractivity contribution in [2.45, 2.75) is 31.0 Å². The van der Waals surface area contributed by atoms with Gasteiger partial charge in [0.1, 0.15) is 5.75 Å². The van der Waals surface area contributed by atoms with Crippen molar-refractivity contribution in [3.05, 3.63) is 29.8 Å².